The smallest absolute Gasteiger partial charge is 0.257 e. The Hall–Kier alpha value is -0.510. The highest BCUT2D eigenvalue weighted by atomic mass is 32.1. The molecule has 2 heterocycles. The summed E-state index contributed by atoms with van der Waals surface area (Å²) in [4.78, 5) is 0. The van der Waals surface area contributed by atoms with Gasteiger partial charge in [0.05, 0.1) is 13.2 Å². The zero-order valence-corrected chi connectivity index (χ0v) is 9.05. The Morgan fingerprint density at radius 1 is 1.38 bits per heavy atom. The van der Waals surface area contributed by atoms with Gasteiger partial charge in [-0.05, 0) is 12.2 Å². The third-order valence-corrected chi connectivity index (χ3v) is 3.14. The Labute approximate surface area is 96.6 Å². The molecule has 0 bridgehead atoms. The maximum absolute atomic E-state index is 9.94. The third kappa shape index (κ3) is 1.58. The van der Waals surface area contributed by atoms with E-state index in [0.29, 0.717) is 0 Å². The molecule has 5 N–H and O–H groups in total. The fourth-order valence-electron chi connectivity index (χ4n) is 1.99. The molecule has 2 fully saturated rings. The van der Waals surface area contributed by atoms with Crippen molar-refractivity contribution in [2.75, 3.05) is 13.2 Å². The number of thiocarbonyl (C=S) groups is 1. The quantitative estimate of drug-likeness (QED) is 0.315. The average molecular weight is 251 g/mol. The third-order valence-electron chi connectivity index (χ3n) is 2.91. The summed E-state index contributed by atoms with van der Waals surface area (Å²) in [6, 6.07) is 0. The van der Waals surface area contributed by atoms with E-state index in [2.05, 4.69) is 5.32 Å². The van der Waals surface area contributed by atoms with Crippen LogP contribution in [-0.2, 0) is 9.47 Å². The Morgan fingerprint density at radius 2 is 2.06 bits per heavy atom. The van der Waals surface area contributed by atoms with E-state index < -0.39 is 36.8 Å². The molecule has 0 aromatic heterocycles. The van der Waals surface area contributed by atoms with E-state index in [1.54, 1.807) is 0 Å². The predicted molar refractivity (Wildman–Crippen MR) is 54.4 cm³/mol. The van der Waals surface area contributed by atoms with Gasteiger partial charge >= 0.3 is 0 Å². The van der Waals surface area contributed by atoms with Crippen molar-refractivity contribution in [3.63, 3.8) is 0 Å². The highest BCUT2D eigenvalue weighted by Crippen LogP contribution is 2.34. The van der Waals surface area contributed by atoms with E-state index in [1.807, 2.05) is 0 Å². The summed E-state index contributed by atoms with van der Waals surface area (Å²) in [5.41, 5.74) is -1.47. The lowest BCUT2D eigenvalue weighted by Crippen LogP contribution is -2.68. The van der Waals surface area contributed by atoms with Crippen LogP contribution in [0.2, 0.25) is 0 Å². The van der Waals surface area contributed by atoms with Gasteiger partial charge in [-0.3, -0.25) is 0 Å². The van der Waals surface area contributed by atoms with E-state index in [9.17, 15) is 15.3 Å². The molecule has 92 valence electrons. The lowest BCUT2D eigenvalue weighted by Gasteiger charge is -2.45. The highest BCUT2D eigenvalue weighted by Gasteiger charge is 2.60. The summed E-state index contributed by atoms with van der Waals surface area (Å²) in [5.74, 6) is 0. The van der Waals surface area contributed by atoms with Crippen LogP contribution < -0.4 is 5.32 Å². The van der Waals surface area contributed by atoms with Gasteiger partial charge in [0.15, 0.2) is 11.9 Å². The first-order valence-corrected chi connectivity index (χ1v) is 5.19. The molecule has 2 rings (SSSR count). The maximum Gasteiger partial charge on any atom is 0.257 e. The largest absolute Gasteiger partial charge is 0.457 e. The molecule has 0 aromatic carbocycles. The predicted octanol–water partition coefficient (Wildman–Crippen LogP) is -2.94. The number of aliphatic hydroxyl groups excluding tert-OH is 4. The second-order valence-corrected chi connectivity index (χ2v) is 4.21. The van der Waals surface area contributed by atoms with Gasteiger partial charge in [-0.15, -0.1) is 0 Å². The fraction of sp³-hybridized carbons (Fsp3) is 0.875. The Bertz CT molecular complexity index is 302. The zero-order valence-electron chi connectivity index (χ0n) is 8.24. The zero-order chi connectivity index (χ0) is 11.9. The lowest BCUT2D eigenvalue weighted by molar-refractivity contribution is -0.310. The normalized spacial score (nSPS) is 47.9. The Balaban J connectivity index is 2.28. The van der Waals surface area contributed by atoms with E-state index >= 15 is 0 Å². The van der Waals surface area contributed by atoms with Crippen LogP contribution in [0.1, 0.15) is 0 Å². The van der Waals surface area contributed by atoms with Crippen LogP contribution >= 0.6 is 12.2 Å². The molecule has 2 aliphatic heterocycles. The minimum Gasteiger partial charge on any atom is -0.457 e. The fourth-order valence-corrected chi connectivity index (χ4v) is 2.21. The van der Waals surface area contributed by atoms with Crippen LogP contribution in [0.15, 0.2) is 0 Å². The molecule has 0 amide bonds. The monoisotopic (exact) mass is 251 g/mol. The molecule has 0 aromatic rings. The van der Waals surface area contributed by atoms with E-state index in [-0.39, 0.29) is 11.7 Å². The number of hydrogen-bond donors (Lipinski definition) is 5. The molecule has 5 atom stereocenters. The summed E-state index contributed by atoms with van der Waals surface area (Å²) in [7, 11) is 0. The molecule has 16 heavy (non-hydrogen) atoms. The van der Waals surface area contributed by atoms with Crippen molar-refractivity contribution < 1.29 is 29.9 Å². The summed E-state index contributed by atoms with van der Waals surface area (Å²) in [6.07, 6.45) is -5.30. The van der Waals surface area contributed by atoms with Gasteiger partial charge in [0, 0.05) is 0 Å². The highest BCUT2D eigenvalue weighted by molar-refractivity contribution is 7.80. The lowest BCUT2D eigenvalue weighted by atomic mass is 9.84. The van der Waals surface area contributed by atoms with Crippen LogP contribution in [0.4, 0.5) is 0 Å². The van der Waals surface area contributed by atoms with Gasteiger partial charge in [-0.2, -0.15) is 0 Å². The van der Waals surface area contributed by atoms with Gasteiger partial charge in [-0.25, -0.2) is 0 Å². The van der Waals surface area contributed by atoms with Gasteiger partial charge in [-0.1, -0.05) is 0 Å². The average Bonchev–Trinajstić information content (AvgIpc) is 2.65. The van der Waals surface area contributed by atoms with Crippen molar-refractivity contribution in [1.29, 1.82) is 0 Å². The first-order chi connectivity index (χ1) is 7.51. The molecule has 0 aliphatic carbocycles. The molecule has 2 saturated heterocycles. The van der Waals surface area contributed by atoms with Gasteiger partial charge in [0.2, 0.25) is 0 Å². The molecule has 8 heteroatoms. The van der Waals surface area contributed by atoms with Crippen molar-refractivity contribution in [2.45, 2.75) is 30.2 Å². The number of hydrogen-bond acceptors (Lipinski definition) is 7. The van der Waals surface area contributed by atoms with Crippen molar-refractivity contribution in [3.05, 3.63) is 0 Å². The first-order valence-electron chi connectivity index (χ1n) is 4.78. The molecular weight excluding hydrogens is 238 g/mol. The minimum atomic E-state index is -1.54. The topological polar surface area (TPSA) is 111 Å². The van der Waals surface area contributed by atoms with Crippen LogP contribution in [0.3, 0.4) is 0 Å². The summed E-state index contributed by atoms with van der Waals surface area (Å²) in [6.45, 7) is -0.450. The van der Waals surface area contributed by atoms with Crippen molar-refractivity contribution in [1.82, 2.24) is 5.32 Å². The SMILES string of the molecule is OC[C@H]1O[C@@H](O)[C@H](O)[C@@]2(CNC(=S)O2)[C@@H]1O. The molecular formula is C8H13NO6S. The first kappa shape index (κ1) is 12.0. The maximum atomic E-state index is 9.94. The van der Waals surface area contributed by atoms with E-state index in [0.717, 1.165) is 0 Å². The molecule has 2 aliphatic rings. The summed E-state index contributed by atoms with van der Waals surface area (Å²) < 4.78 is 10.0. The molecule has 0 unspecified atom stereocenters. The van der Waals surface area contributed by atoms with E-state index in [4.69, 9.17) is 26.8 Å². The van der Waals surface area contributed by atoms with Crippen molar-refractivity contribution in [3.8, 4) is 0 Å². The molecule has 0 radical (unpaired) electrons. The number of nitrogens with one attached hydrogen (secondary N) is 1. The molecule has 7 nitrogen and oxygen atoms in total. The Morgan fingerprint density at radius 3 is 2.56 bits per heavy atom. The summed E-state index contributed by atoms with van der Waals surface area (Å²) in [5, 5.41) is 40.9. The van der Waals surface area contributed by atoms with Crippen molar-refractivity contribution in [2.24, 2.45) is 0 Å². The number of ether oxygens (including phenoxy) is 2. The minimum absolute atomic E-state index is 0.0314. The van der Waals surface area contributed by atoms with E-state index in [1.165, 1.54) is 0 Å². The van der Waals surface area contributed by atoms with Crippen molar-refractivity contribution >= 4 is 17.4 Å². The summed E-state index contributed by atoms with van der Waals surface area (Å²) >= 11 is 4.75. The van der Waals surface area contributed by atoms with Crippen LogP contribution in [-0.4, -0.2) is 69.0 Å². The molecule has 0 saturated carbocycles. The van der Waals surface area contributed by atoms with Crippen LogP contribution in [0.25, 0.3) is 0 Å². The second kappa shape index (κ2) is 4.06. The molecule has 1 spiro atoms. The number of rotatable bonds is 1. The van der Waals surface area contributed by atoms with Crippen LogP contribution in [0, 0.1) is 0 Å². The van der Waals surface area contributed by atoms with Crippen LogP contribution in [0.5, 0.6) is 0 Å². The second-order valence-electron chi connectivity index (χ2n) is 3.84. The number of aliphatic hydroxyl groups is 4. The standard InChI is InChI=1S/C8H13NO6S/c10-1-3-4(11)8(2-9-7(16)15-8)5(12)6(13)14-3/h3-6,10-13H,1-2H2,(H,9,16)/t3-,4-,5+,6-,8-/m1/s1. The Kier molecular flexibility index (Phi) is 3.03. The van der Waals surface area contributed by atoms with Gasteiger partial charge in [0.1, 0.15) is 18.3 Å². The van der Waals surface area contributed by atoms with Gasteiger partial charge in [0.25, 0.3) is 5.17 Å². The van der Waals surface area contributed by atoms with Gasteiger partial charge < -0.3 is 35.2 Å².